The molecule has 4 heteroatoms. The molecule has 0 bridgehead atoms. The second kappa shape index (κ2) is 11.6. The number of hydrogen-bond donors (Lipinski definition) is 0. The van der Waals surface area contributed by atoms with Crippen molar-refractivity contribution in [3.8, 4) is 0 Å². The zero-order chi connectivity index (χ0) is 20.5. The minimum Gasteiger partial charge on any atom is -0.219 e. The van der Waals surface area contributed by atoms with E-state index in [1.807, 2.05) is 0 Å². The smallest absolute Gasteiger partial charge is 0.219 e. The molecule has 156 valence electrons. The van der Waals surface area contributed by atoms with Crippen LogP contribution >= 0.6 is 23.2 Å². The predicted octanol–water partition coefficient (Wildman–Crippen LogP) is 7.62. The standard InChI is InChI=1S/C25H33Cl2N2/c1-2-3-4-5-6-7-8-11-17-28-20-29(25(27)24(28)26)18-16-21-14-15-22-12-9-10-13-23(22)19-21/h9-10,12-15,19-20H,2-8,11,16-18H2,1H3/q+1. The summed E-state index contributed by atoms with van der Waals surface area (Å²) in [4.78, 5) is 0. The summed E-state index contributed by atoms with van der Waals surface area (Å²) in [7, 11) is 0. The van der Waals surface area contributed by atoms with Crippen LogP contribution in [0.5, 0.6) is 0 Å². The molecule has 0 saturated carbocycles. The quantitative estimate of drug-likeness (QED) is 0.206. The SMILES string of the molecule is CCCCCCCCCC[n+]1cn(CCc2ccc3ccccc3c2)c(Cl)c1Cl. The first-order valence-electron chi connectivity index (χ1n) is 11.1. The Morgan fingerprint density at radius 3 is 2.28 bits per heavy atom. The van der Waals surface area contributed by atoms with E-state index in [4.69, 9.17) is 23.2 Å². The monoisotopic (exact) mass is 431 g/mol. The van der Waals surface area contributed by atoms with E-state index >= 15 is 0 Å². The fraction of sp³-hybridized carbons (Fsp3) is 0.480. The van der Waals surface area contributed by atoms with Gasteiger partial charge in [0, 0.05) is 6.42 Å². The first kappa shape index (κ1) is 22.2. The number of unbranched alkanes of at least 4 members (excludes halogenated alkanes) is 7. The Labute approximate surface area is 185 Å². The molecule has 0 spiro atoms. The highest BCUT2D eigenvalue weighted by atomic mass is 35.5. The highest BCUT2D eigenvalue weighted by Crippen LogP contribution is 2.21. The van der Waals surface area contributed by atoms with Crippen LogP contribution in [0.4, 0.5) is 0 Å². The molecule has 0 amide bonds. The molecule has 1 aromatic heterocycles. The average molecular weight is 432 g/mol. The number of hydrogen-bond acceptors (Lipinski definition) is 0. The molecule has 0 radical (unpaired) electrons. The van der Waals surface area contributed by atoms with Gasteiger partial charge in [0.15, 0.2) is 0 Å². The zero-order valence-electron chi connectivity index (χ0n) is 17.5. The fourth-order valence-electron chi connectivity index (χ4n) is 3.88. The first-order chi connectivity index (χ1) is 14.2. The highest BCUT2D eigenvalue weighted by Gasteiger charge is 2.19. The van der Waals surface area contributed by atoms with E-state index in [2.05, 4.69) is 64.8 Å². The molecule has 2 aromatic carbocycles. The lowest BCUT2D eigenvalue weighted by Crippen LogP contribution is -2.32. The Morgan fingerprint density at radius 1 is 0.828 bits per heavy atom. The lowest BCUT2D eigenvalue weighted by atomic mass is 10.1. The van der Waals surface area contributed by atoms with Crippen LogP contribution in [0.15, 0.2) is 48.8 Å². The van der Waals surface area contributed by atoms with Gasteiger partial charge in [-0.15, -0.1) is 0 Å². The summed E-state index contributed by atoms with van der Waals surface area (Å²) in [6.45, 7) is 4.04. The molecule has 0 N–H and O–H groups in total. The molecule has 3 rings (SSSR count). The largest absolute Gasteiger partial charge is 0.255 e. The molecule has 0 saturated heterocycles. The van der Waals surface area contributed by atoms with Crippen LogP contribution in [0.1, 0.15) is 63.9 Å². The average Bonchev–Trinajstić information content (AvgIpc) is 3.02. The lowest BCUT2D eigenvalue weighted by Gasteiger charge is -2.03. The minimum atomic E-state index is 0.645. The topological polar surface area (TPSA) is 8.81 Å². The summed E-state index contributed by atoms with van der Waals surface area (Å²) in [6, 6.07) is 15.1. The van der Waals surface area contributed by atoms with Crippen LogP contribution in [0.25, 0.3) is 10.8 Å². The Hall–Kier alpha value is -1.51. The van der Waals surface area contributed by atoms with E-state index in [-0.39, 0.29) is 0 Å². The van der Waals surface area contributed by atoms with Gasteiger partial charge in [0.25, 0.3) is 10.3 Å². The molecule has 0 fully saturated rings. The van der Waals surface area contributed by atoms with E-state index in [1.165, 1.54) is 61.3 Å². The molecule has 29 heavy (non-hydrogen) atoms. The van der Waals surface area contributed by atoms with Gasteiger partial charge in [-0.3, -0.25) is 0 Å². The lowest BCUT2D eigenvalue weighted by molar-refractivity contribution is -0.694. The molecule has 0 unspecified atom stereocenters. The number of fused-ring (bicyclic) bond motifs is 1. The third kappa shape index (κ3) is 6.49. The van der Waals surface area contributed by atoms with E-state index in [0.717, 1.165) is 25.9 Å². The number of rotatable bonds is 12. The predicted molar refractivity (Wildman–Crippen MR) is 125 cm³/mol. The van der Waals surface area contributed by atoms with Crippen molar-refractivity contribution in [2.75, 3.05) is 0 Å². The Balaban J connectivity index is 1.48. The number of halogens is 2. The number of aromatic nitrogens is 2. The third-order valence-electron chi connectivity index (χ3n) is 5.66. The van der Waals surface area contributed by atoms with Gasteiger partial charge >= 0.3 is 0 Å². The second-order valence-electron chi connectivity index (χ2n) is 7.99. The van der Waals surface area contributed by atoms with E-state index in [1.54, 1.807) is 0 Å². The summed E-state index contributed by atoms with van der Waals surface area (Å²) >= 11 is 13.0. The molecule has 0 aliphatic heterocycles. The van der Waals surface area contributed by atoms with Crippen molar-refractivity contribution in [3.63, 3.8) is 0 Å². The molecule has 0 aliphatic carbocycles. The Morgan fingerprint density at radius 2 is 1.52 bits per heavy atom. The maximum atomic E-state index is 6.50. The van der Waals surface area contributed by atoms with Gasteiger partial charge in [0.1, 0.15) is 0 Å². The van der Waals surface area contributed by atoms with E-state index < -0.39 is 0 Å². The van der Waals surface area contributed by atoms with Crippen LogP contribution in [0.3, 0.4) is 0 Å². The molecule has 3 aromatic rings. The molecular formula is C25H33Cl2N2+. The van der Waals surface area contributed by atoms with Crippen LogP contribution in [-0.2, 0) is 19.5 Å². The highest BCUT2D eigenvalue weighted by molar-refractivity contribution is 6.39. The number of aryl methyl sites for hydroxylation is 3. The Bertz CT molecular complexity index is 901. The Kier molecular flexibility index (Phi) is 8.89. The van der Waals surface area contributed by atoms with Crippen molar-refractivity contribution in [2.24, 2.45) is 0 Å². The first-order valence-corrected chi connectivity index (χ1v) is 11.9. The van der Waals surface area contributed by atoms with Gasteiger partial charge < -0.3 is 0 Å². The van der Waals surface area contributed by atoms with Crippen molar-refractivity contribution in [1.29, 1.82) is 0 Å². The fourth-order valence-corrected chi connectivity index (χ4v) is 4.35. The van der Waals surface area contributed by atoms with Crippen LogP contribution in [-0.4, -0.2) is 4.57 Å². The molecular weight excluding hydrogens is 399 g/mol. The summed E-state index contributed by atoms with van der Waals surface area (Å²) in [5.74, 6) is 0. The number of imidazole rings is 1. The minimum absolute atomic E-state index is 0.645. The normalized spacial score (nSPS) is 11.4. The van der Waals surface area contributed by atoms with Crippen molar-refractivity contribution < 1.29 is 4.57 Å². The summed E-state index contributed by atoms with van der Waals surface area (Å²) in [5, 5.41) is 3.87. The molecule has 0 atom stereocenters. The molecule has 2 nitrogen and oxygen atoms in total. The van der Waals surface area contributed by atoms with Crippen LogP contribution in [0.2, 0.25) is 10.3 Å². The van der Waals surface area contributed by atoms with Crippen molar-refractivity contribution in [3.05, 3.63) is 64.7 Å². The molecule has 1 heterocycles. The van der Waals surface area contributed by atoms with Crippen LogP contribution < -0.4 is 4.57 Å². The summed E-state index contributed by atoms with van der Waals surface area (Å²) < 4.78 is 4.17. The maximum absolute atomic E-state index is 6.50. The van der Waals surface area contributed by atoms with Crippen molar-refractivity contribution in [2.45, 2.75) is 77.8 Å². The van der Waals surface area contributed by atoms with Crippen molar-refractivity contribution in [1.82, 2.24) is 4.57 Å². The van der Waals surface area contributed by atoms with E-state index in [9.17, 15) is 0 Å². The van der Waals surface area contributed by atoms with Gasteiger partial charge in [-0.25, -0.2) is 9.13 Å². The van der Waals surface area contributed by atoms with Gasteiger partial charge in [0.05, 0.1) is 13.1 Å². The van der Waals surface area contributed by atoms with Gasteiger partial charge in [-0.1, -0.05) is 87.9 Å². The van der Waals surface area contributed by atoms with Gasteiger partial charge in [-0.2, -0.15) is 0 Å². The second-order valence-corrected chi connectivity index (χ2v) is 8.71. The van der Waals surface area contributed by atoms with E-state index in [0.29, 0.717) is 10.3 Å². The van der Waals surface area contributed by atoms with Crippen LogP contribution in [0, 0.1) is 0 Å². The zero-order valence-corrected chi connectivity index (χ0v) is 19.1. The third-order valence-corrected chi connectivity index (χ3v) is 6.55. The van der Waals surface area contributed by atoms with Crippen molar-refractivity contribution >= 4 is 34.0 Å². The van der Waals surface area contributed by atoms with Gasteiger partial charge in [-0.05, 0) is 52.4 Å². The number of benzene rings is 2. The summed E-state index contributed by atoms with van der Waals surface area (Å²) in [6.07, 6.45) is 13.5. The number of nitrogens with zero attached hydrogens (tertiary/aromatic N) is 2. The summed E-state index contributed by atoms with van der Waals surface area (Å²) in [5.41, 5.74) is 1.32. The van der Waals surface area contributed by atoms with Gasteiger partial charge in [0.2, 0.25) is 6.33 Å². The maximum Gasteiger partial charge on any atom is 0.255 e. The molecule has 0 aliphatic rings.